The Balaban J connectivity index is 2.55. The van der Waals surface area contributed by atoms with Gasteiger partial charge in [-0.25, -0.2) is 21.5 Å². The third-order valence-corrected chi connectivity index (χ3v) is 7.24. The summed E-state index contributed by atoms with van der Waals surface area (Å²) in [5.41, 5.74) is 0. The molecule has 0 spiro atoms. The van der Waals surface area contributed by atoms with Crippen molar-refractivity contribution in [1.82, 2.24) is 10.0 Å². The van der Waals surface area contributed by atoms with Gasteiger partial charge in [-0.2, -0.15) is 16.8 Å². The lowest BCUT2D eigenvalue weighted by molar-refractivity contribution is -0.338. The van der Waals surface area contributed by atoms with Gasteiger partial charge in [-0.05, 0) is 13.8 Å². The molecular weight excluding hydrogens is 628 g/mol. The van der Waals surface area contributed by atoms with Gasteiger partial charge in [-0.3, -0.25) is 13.9 Å². The van der Waals surface area contributed by atoms with Crippen molar-refractivity contribution >= 4 is 36.7 Å². The molecule has 0 aliphatic carbocycles. The Morgan fingerprint density at radius 3 is 1.95 bits per heavy atom. The molecule has 41 heavy (non-hydrogen) atoms. The number of ether oxygens (including phenoxy) is 5. The van der Waals surface area contributed by atoms with Crippen molar-refractivity contribution in [2.45, 2.75) is 81.2 Å². The summed E-state index contributed by atoms with van der Waals surface area (Å²) in [7, 11) is -12.4. The molecule has 4 unspecified atom stereocenters. The molecule has 6 N–H and O–H groups in total. The van der Waals surface area contributed by atoms with Crippen molar-refractivity contribution in [2.75, 3.05) is 27.1 Å². The Bertz CT molecular complexity index is 1210. The van der Waals surface area contributed by atoms with Crippen LogP contribution in [0.3, 0.4) is 0 Å². The molecule has 2 saturated heterocycles. The molecule has 2 aliphatic rings. The fourth-order valence-electron chi connectivity index (χ4n) is 4.12. The SMILES string of the molecule is CO[C@@H]1C(C(=O)NC(C)C)O[C@@H](O[C@H]2C(COS(=O)(=O)O)O[C@H](OC)[C@@H](NS(C)(=O)=O)C2O)[C@@H](OS(=O)(=O)O)C1O. The number of amides is 1. The second-order valence-electron chi connectivity index (χ2n) is 9.27. The number of nitrogens with one attached hydrogen (secondary N) is 2. The van der Waals surface area contributed by atoms with Gasteiger partial charge in [-0.15, -0.1) is 0 Å². The van der Waals surface area contributed by atoms with Gasteiger partial charge in [0.25, 0.3) is 5.91 Å². The molecule has 10 atom stereocenters. The van der Waals surface area contributed by atoms with Gasteiger partial charge in [0.05, 0.1) is 12.9 Å². The van der Waals surface area contributed by atoms with Crippen LogP contribution in [-0.2, 0) is 67.7 Å². The molecule has 242 valence electrons. The minimum Gasteiger partial charge on any atom is -0.388 e. The number of rotatable bonds is 13. The van der Waals surface area contributed by atoms with Gasteiger partial charge >= 0.3 is 20.8 Å². The fourth-order valence-corrected chi connectivity index (χ4v) is 5.66. The van der Waals surface area contributed by atoms with Crippen molar-refractivity contribution in [3.05, 3.63) is 0 Å². The van der Waals surface area contributed by atoms with Crippen LogP contribution in [0.4, 0.5) is 0 Å². The first-order valence-electron chi connectivity index (χ1n) is 11.6. The molecular formula is C18H34N2O18S3. The number of carbonyl (C=O) groups excluding carboxylic acids is 1. The van der Waals surface area contributed by atoms with E-state index in [1.807, 2.05) is 4.72 Å². The van der Waals surface area contributed by atoms with Crippen molar-refractivity contribution in [3.8, 4) is 0 Å². The zero-order chi connectivity index (χ0) is 31.5. The number of hydrogen-bond acceptors (Lipinski definition) is 16. The normalized spacial score (nSPS) is 35.4. The number of methoxy groups -OCH3 is 2. The maximum atomic E-state index is 12.8. The highest BCUT2D eigenvalue weighted by atomic mass is 32.3. The summed E-state index contributed by atoms with van der Waals surface area (Å²) >= 11 is 0. The lowest BCUT2D eigenvalue weighted by Crippen LogP contribution is -2.68. The van der Waals surface area contributed by atoms with E-state index in [2.05, 4.69) is 13.7 Å². The van der Waals surface area contributed by atoms with Crippen LogP contribution in [0.1, 0.15) is 13.8 Å². The van der Waals surface area contributed by atoms with E-state index in [-0.39, 0.29) is 0 Å². The first-order valence-corrected chi connectivity index (χ1v) is 16.2. The van der Waals surface area contributed by atoms with Crippen molar-refractivity contribution in [1.29, 1.82) is 0 Å². The molecule has 2 heterocycles. The van der Waals surface area contributed by atoms with E-state index >= 15 is 0 Å². The third-order valence-electron chi connectivity index (χ3n) is 5.64. The van der Waals surface area contributed by atoms with Crippen LogP contribution >= 0.6 is 0 Å². The van der Waals surface area contributed by atoms with Gasteiger partial charge in [-0.1, -0.05) is 0 Å². The first kappa shape index (κ1) is 36.0. The molecule has 20 nitrogen and oxygen atoms in total. The van der Waals surface area contributed by atoms with Crippen LogP contribution in [0.5, 0.6) is 0 Å². The molecule has 2 aliphatic heterocycles. The monoisotopic (exact) mass is 662 g/mol. The van der Waals surface area contributed by atoms with Gasteiger partial charge in [0.15, 0.2) is 24.8 Å². The zero-order valence-corrected chi connectivity index (χ0v) is 24.7. The van der Waals surface area contributed by atoms with E-state index in [9.17, 15) is 44.8 Å². The summed E-state index contributed by atoms with van der Waals surface area (Å²) in [6, 6.07) is -2.10. The van der Waals surface area contributed by atoms with E-state index in [0.29, 0.717) is 0 Å². The second-order valence-corrected chi connectivity index (χ2v) is 13.2. The van der Waals surface area contributed by atoms with Crippen LogP contribution in [0.2, 0.25) is 0 Å². The standard InChI is InChI=1S/C18H34N2O18S3/c1-7(2)19-16(23)15-13(32-3)11(22)14(38-41(29,30)31)18(37-15)36-12-8(6-34-40(26,27)28)35-17(33-4)9(10(12)21)20-39(5,24)25/h7-15,17-18,20-22H,6H2,1-5H3,(H,19,23)(H,26,27,28)(H,29,30,31)/t8?,9-,10?,11?,12-,13-,14-,15?,17-,18+/m0/s1. The van der Waals surface area contributed by atoms with Gasteiger partial charge in [0, 0.05) is 20.3 Å². The van der Waals surface area contributed by atoms with E-state index in [1.54, 1.807) is 13.8 Å². The quantitative estimate of drug-likeness (QED) is 0.102. The van der Waals surface area contributed by atoms with E-state index in [1.165, 1.54) is 0 Å². The van der Waals surface area contributed by atoms with Crippen LogP contribution in [0, 0.1) is 0 Å². The predicted octanol–water partition coefficient (Wildman–Crippen LogP) is -4.35. The maximum Gasteiger partial charge on any atom is 0.397 e. The van der Waals surface area contributed by atoms with E-state index < -0.39 is 111 Å². The molecule has 2 rings (SSSR count). The van der Waals surface area contributed by atoms with Crippen molar-refractivity contribution in [3.63, 3.8) is 0 Å². The summed E-state index contributed by atoms with van der Waals surface area (Å²) in [5.74, 6) is -0.868. The van der Waals surface area contributed by atoms with Crippen LogP contribution in [0.25, 0.3) is 0 Å². The predicted molar refractivity (Wildman–Crippen MR) is 131 cm³/mol. The van der Waals surface area contributed by atoms with Gasteiger partial charge in [0.1, 0.15) is 36.6 Å². The van der Waals surface area contributed by atoms with Crippen LogP contribution in [0.15, 0.2) is 0 Å². The molecule has 23 heteroatoms. The number of sulfonamides is 1. The smallest absolute Gasteiger partial charge is 0.388 e. The second kappa shape index (κ2) is 14.1. The summed E-state index contributed by atoms with van der Waals surface area (Å²) in [6.07, 6.45) is -16.3. The Morgan fingerprint density at radius 1 is 0.878 bits per heavy atom. The van der Waals surface area contributed by atoms with Crippen molar-refractivity contribution in [2.24, 2.45) is 0 Å². The van der Waals surface area contributed by atoms with Crippen molar-refractivity contribution < 1.29 is 81.4 Å². The molecule has 0 bridgehead atoms. The Kier molecular flexibility index (Phi) is 12.4. The van der Waals surface area contributed by atoms with Crippen LogP contribution < -0.4 is 10.0 Å². The third kappa shape index (κ3) is 10.5. The summed E-state index contributed by atoms with van der Waals surface area (Å²) in [5, 5.41) is 24.4. The molecule has 0 aromatic heterocycles. The minimum atomic E-state index is -5.34. The molecule has 0 radical (unpaired) electrons. The van der Waals surface area contributed by atoms with E-state index in [4.69, 9.17) is 28.2 Å². The molecule has 0 aromatic rings. The lowest BCUT2D eigenvalue weighted by atomic mass is 9.95. The number of carbonyl (C=O) groups is 1. The Hall–Kier alpha value is -1.16. The molecule has 0 aromatic carbocycles. The van der Waals surface area contributed by atoms with Gasteiger partial charge < -0.3 is 39.2 Å². The fraction of sp³-hybridized carbons (Fsp3) is 0.944. The maximum absolute atomic E-state index is 12.8. The largest absolute Gasteiger partial charge is 0.397 e. The highest BCUT2D eigenvalue weighted by Crippen LogP contribution is 2.32. The first-order chi connectivity index (χ1) is 18.7. The lowest BCUT2D eigenvalue weighted by Gasteiger charge is -2.47. The Morgan fingerprint density at radius 2 is 1.49 bits per heavy atom. The molecule has 0 saturated carbocycles. The number of aliphatic hydroxyl groups is 2. The topological polar surface area (TPSA) is 289 Å². The zero-order valence-electron chi connectivity index (χ0n) is 22.3. The summed E-state index contributed by atoms with van der Waals surface area (Å²) in [4.78, 5) is 12.8. The highest BCUT2D eigenvalue weighted by Gasteiger charge is 2.55. The molecule has 2 fully saturated rings. The highest BCUT2D eigenvalue weighted by molar-refractivity contribution is 7.88. The van der Waals surface area contributed by atoms with Gasteiger partial charge in [0.2, 0.25) is 10.0 Å². The average molecular weight is 663 g/mol. The number of hydrogen-bond donors (Lipinski definition) is 6. The summed E-state index contributed by atoms with van der Waals surface area (Å²) < 4.78 is 125. The number of aliphatic hydroxyl groups excluding tert-OH is 2. The van der Waals surface area contributed by atoms with Crippen LogP contribution in [-0.4, -0.2) is 145 Å². The Labute approximate surface area is 236 Å². The summed E-state index contributed by atoms with van der Waals surface area (Å²) in [6.45, 7) is 2.10. The average Bonchev–Trinajstić information content (AvgIpc) is 2.80. The van der Waals surface area contributed by atoms with E-state index in [0.717, 1.165) is 20.5 Å². The minimum absolute atomic E-state index is 0.448. The molecule has 1 amide bonds.